The predicted molar refractivity (Wildman–Crippen MR) is 105 cm³/mol. The Hall–Kier alpha value is -2.40. The van der Waals surface area contributed by atoms with Crippen LogP contribution in [0.4, 0.5) is 0 Å². The molecule has 0 aliphatic heterocycles. The van der Waals surface area contributed by atoms with Crippen molar-refractivity contribution in [1.29, 1.82) is 0 Å². The molecule has 1 aromatic heterocycles. The fraction of sp³-hybridized carbons (Fsp3) is 0.286. The number of hydrogen-bond acceptors (Lipinski definition) is 4. The number of nitrogens with zero attached hydrogens (tertiary/aromatic N) is 2. The summed E-state index contributed by atoms with van der Waals surface area (Å²) in [5.41, 5.74) is 5.82. The topological polar surface area (TPSA) is 58.6 Å². The first-order valence-electron chi connectivity index (χ1n) is 9.02. The van der Waals surface area contributed by atoms with Gasteiger partial charge in [-0.1, -0.05) is 55.1 Å². The summed E-state index contributed by atoms with van der Waals surface area (Å²) >= 11 is 1.38. The van der Waals surface area contributed by atoms with Gasteiger partial charge >= 0.3 is 0 Å². The number of thioether (sulfide) groups is 1. The summed E-state index contributed by atoms with van der Waals surface area (Å²) in [5, 5.41) is 7.80. The number of ketones is 1. The SMILES string of the molecule is CCc1ccc(-c2nc(SCC(=O)c3ccc4c(c3)CCC4)n[nH]2)cc1. The van der Waals surface area contributed by atoms with Crippen molar-refractivity contribution in [2.45, 2.75) is 37.8 Å². The van der Waals surface area contributed by atoms with Crippen LogP contribution in [0.15, 0.2) is 47.6 Å². The van der Waals surface area contributed by atoms with E-state index in [-0.39, 0.29) is 5.78 Å². The quantitative estimate of drug-likeness (QED) is 0.517. The maximum Gasteiger partial charge on any atom is 0.209 e. The van der Waals surface area contributed by atoms with Gasteiger partial charge in [0.2, 0.25) is 5.16 Å². The first-order chi connectivity index (χ1) is 12.7. The summed E-state index contributed by atoms with van der Waals surface area (Å²) in [6.45, 7) is 2.14. The van der Waals surface area contributed by atoms with Crippen molar-refractivity contribution >= 4 is 17.5 Å². The van der Waals surface area contributed by atoms with E-state index < -0.39 is 0 Å². The Balaban J connectivity index is 1.40. The lowest BCUT2D eigenvalue weighted by Crippen LogP contribution is -2.03. The van der Waals surface area contributed by atoms with E-state index in [1.165, 1.54) is 34.9 Å². The Kier molecular flexibility index (Phi) is 4.89. The highest BCUT2D eigenvalue weighted by atomic mass is 32.2. The third-order valence-corrected chi connectivity index (χ3v) is 5.70. The lowest BCUT2D eigenvalue weighted by atomic mass is 10.0. The van der Waals surface area contributed by atoms with Gasteiger partial charge in [0.15, 0.2) is 11.6 Å². The van der Waals surface area contributed by atoms with Crippen molar-refractivity contribution in [3.63, 3.8) is 0 Å². The molecule has 26 heavy (non-hydrogen) atoms. The van der Waals surface area contributed by atoms with Gasteiger partial charge in [0.05, 0.1) is 5.75 Å². The molecule has 5 heteroatoms. The number of Topliss-reactive ketones (excluding diaryl/α,β-unsaturated/α-hetero) is 1. The molecule has 0 bridgehead atoms. The highest BCUT2D eigenvalue weighted by Gasteiger charge is 2.15. The predicted octanol–water partition coefficient (Wildman–Crippen LogP) is 4.50. The molecule has 0 unspecified atom stereocenters. The van der Waals surface area contributed by atoms with Crippen molar-refractivity contribution in [3.8, 4) is 11.4 Å². The molecule has 1 heterocycles. The van der Waals surface area contributed by atoms with E-state index in [1.807, 2.05) is 18.2 Å². The number of H-pyrrole nitrogens is 1. The number of aromatic amines is 1. The first-order valence-corrected chi connectivity index (χ1v) is 10.0. The van der Waals surface area contributed by atoms with Gasteiger partial charge < -0.3 is 0 Å². The second-order valence-corrected chi connectivity index (χ2v) is 7.51. The zero-order valence-corrected chi connectivity index (χ0v) is 15.6. The van der Waals surface area contributed by atoms with Crippen LogP contribution in [0.2, 0.25) is 0 Å². The minimum atomic E-state index is 0.128. The smallest absolute Gasteiger partial charge is 0.209 e. The minimum absolute atomic E-state index is 0.128. The van der Waals surface area contributed by atoms with Crippen LogP contribution >= 0.6 is 11.8 Å². The molecular formula is C21H21N3OS. The monoisotopic (exact) mass is 363 g/mol. The number of benzene rings is 2. The van der Waals surface area contributed by atoms with Crippen LogP contribution < -0.4 is 0 Å². The Bertz CT molecular complexity index is 931. The van der Waals surface area contributed by atoms with Gasteiger partial charge in [0.25, 0.3) is 0 Å². The standard InChI is InChI=1S/C21H21N3OS/c1-2-14-6-8-16(9-7-14)20-22-21(24-23-20)26-13-19(25)18-11-10-15-4-3-5-17(15)12-18/h6-12H,2-5,13H2,1H3,(H,22,23,24). The van der Waals surface area contributed by atoms with Crippen LogP contribution in [0.25, 0.3) is 11.4 Å². The van der Waals surface area contributed by atoms with Crippen molar-refractivity contribution in [2.75, 3.05) is 5.75 Å². The van der Waals surface area contributed by atoms with E-state index in [0.29, 0.717) is 10.9 Å². The maximum absolute atomic E-state index is 12.5. The van der Waals surface area contributed by atoms with Crippen molar-refractivity contribution in [1.82, 2.24) is 15.2 Å². The Labute approximate surface area is 157 Å². The summed E-state index contributed by atoms with van der Waals surface area (Å²) in [7, 11) is 0. The average Bonchev–Trinajstić information content (AvgIpc) is 3.35. The number of carbonyl (C=O) groups excluding carboxylic acids is 1. The third kappa shape index (κ3) is 3.58. The molecule has 0 amide bonds. The van der Waals surface area contributed by atoms with Crippen LogP contribution in [0, 0.1) is 0 Å². The molecule has 1 aliphatic rings. The number of nitrogens with one attached hydrogen (secondary N) is 1. The summed E-state index contributed by atoms with van der Waals surface area (Å²) in [4.78, 5) is 17.0. The van der Waals surface area contributed by atoms with E-state index in [2.05, 4.69) is 46.4 Å². The van der Waals surface area contributed by atoms with Crippen LogP contribution in [-0.4, -0.2) is 26.7 Å². The van der Waals surface area contributed by atoms with Gasteiger partial charge in [-0.25, -0.2) is 4.98 Å². The van der Waals surface area contributed by atoms with E-state index in [9.17, 15) is 4.79 Å². The molecule has 4 rings (SSSR count). The molecular weight excluding hydrogens is 342 g/mol. The number of aromatic nitrogens is 3. The molecule has 0 fully saturated rings. The van der Waals surface area contributed by atoms with Crippen LogP contribution in [0.1, 0.15) is 40.4 Å². The van der Waals surface area contributed by atoms with Gasteiger partial charge in [0, 0.05) is 11.1 Å². The molecule has 1 N–H and O–H groups in total. The maximum atomic E-state index is 12.5. The van der Waals surface area contributed by atoms with Gasteiger partial charge in [-0.3, -0.25) is 9.89 Å². The summed E-state index contributed by atoms with van der Waals surface area (Å²) in [6, 6.07) is 14.4. The number of fused-ring (bicyclic) bond motifs is 1. The third-order valence-electron chi connectivity index (χ3n) is 4.85. The first kappa shape index (κ1) is 17.0. The molecule has 3 aromatic rings. The highest BCUT2D eigenvalue weighted by molar-refractivity contribution is 7.99. The zero-order valence-electron chi connectivity index (χ0n) is 14.8. The number of hydrogen-bond donors (Lipinski definition) is 1. The van der Waals surface area contributed by atoms with Gasteiger partial charge in [-0.2, -0.15) is 0 Å². The Morgan fingerprint density at radius 3 is 2.73 bits per heavy atom. The fourth-order valence-electron chi connectivity index (χ4n) is 3.30. The average molecular weight is 363 g/mol. The second kappa shape index (κ2) is 7.46. The fourth-order valence-corrected chi connectivity index (χ4v) is 3.99. The zero-order chi connectivity index (χ0) is 17.9. The molecule has 2 aromatic carbocycles. The number of aryl methyl sites for hydroxylation is 3. The lowest BCUT2D eigenvalue weighted by Gasteiger charge is -2.03. The summed E-state index contributed by atoms with van der Waals surface area (Å²) in [6.07, 6.45) is 4.44. The Morgan fingerprint density at radius 1 is 1.12 bits per heavy atom. The molecule has 0 saturated heterocycles. The minimum Gasteiger partial charge on any atom is -0.293 e. The molecule has 4 nitrogen and oxygen atoms in total. The van der Waals surface area contributed by atoms with Gasteiger partial charge in [-0.15, -0.1) is 5.10 Å². The van der Waals surface area contributed by atoms with E-state index in [4.69, 9.17) is 0 Å². The molecule has 132 valence electrons. The molecule has 0 radical (unpaired) electrons. The highest BCUT2D eigenvalue weighted by Crippen LogP contribution is 2.24. The van der Waals surface area contributed by atoms with E-state index >= 15 is 0 Å². The normalized spacial score (nSPS) is 13.0. The number of rotatable bonds is 6. The van der Waals surface area contributed by atoms with Crippen LogP contribution in [0.3, 0.4) is 0 Å². The summed E-state index contributed by atoms with van der Waals surface area (Å²) in [5.74, 6) is 1.22. The second-order valence-electron chi connectivity index (χ2n) is 6.57. The molecule has 0 atom stereocenters. The van der Waals surface area contributed by atoms with E-state index in [1.54, 1.807) is 0 Å². The lowest BCUT2D eigenvalue weighted by molar-refractivity contribution is 0.102. The van der Waals surface area contributed by atoms with Crippen molar-refractivity contribution in [3.05, 3.63) is 64.7 Å². The van der Waals surface area contributed by atoms with Crippen LogP contribution in [-0.2, 0) is 19.3 Å². The van der Waals surface area contributed by atoms with Crippen molar-refractivity contribution < 1.29 is 4.79 Å². The van der Waals surface area contributed by atoms with Crippen molar-refractivity contribution in [2.24, 2.45) is 0 Å². The van der Waals surface area contributed by atoms with E-state index in [0.717, 1.165) is 36.2 Å². The van der Waals surface area contributed by atoms with Crippen LogP contribution in [0.5, 0.6) is 0 Å². The largest absolute Gasteiger partial charge is 0.293 e. The summed E-state index contributed by atoms with van der Waals surface area (Å²) < 4.78 is 0. The molecule has 1 aliphatic carbocycles. The molecule has 0 spiro atoms. The molecule has 0 saturated carbocycles. The van der Waals surface area contributed by atoms with Gasteiger partial charge in [-0.05, 0) is 48.4 Å². The van der Waals surface area contributed by atoms with Gasteiger partial charge in [0.1, 0.15) is 0 Å². The number of carbonyl (C=O) groups is 1. The Morgan fingerprint density at radius 2 is 1.92 bits per heavy atom.